The number of rotatable bonds is 7. The van der Waals surface area contributed by atoms with Crippen LogP contribution in [0.15, 0.2) is 30.3 Å². The number of nitrogens with zero attached hydrogens (tertiary/aromatic N) is 1. The van der Waals surface area contributed by atoms with Crippen LogP contribution in [0.4, 0.5) is 0 Å². The van der Waals surface area contributed by atoms with E-state index in [0.717, 1.165) is 38.9 Å². The predicted octanol–water partition coefficient (Wildman–Crippen LogP) is 1.80. The molecule has 1 aliphatic rings. The molecule has 1 saturated heterocycles. The van der Waals surface area contributed by atoms with Gasteiger partial charge in [0, 0.05) is 26.1 Å². The molecule has 1 atom stereocenters. The van der Waals surface area contributed by atoms with Crippen molar-refractivity contribution in [2.24, 2.45) is 11.7 Å². The smallest absolute Gasteiger partial charge is 0.222 e. The maximum Gasteiger partial charge on any atom is 0.222 e. The van der Waals surface area contributed by atoms with Crippen LogP contribution in [0.25, 0.3) is 0 Å². The van der Waals surface area contributed by atoms with E-state index in [1.54, 1.807) is 0 Å². The number of benzene rings is 1. The third-order valence-corrected chi connectivity index (χ3v) is 4.42. The molecule has 0 aliphatic carbocycles. The molecule has 1 fully saturated rings. The quantitative estimate of drug-likeness (QED) is 0.807. The lowest BCUT2D eigenvalue weighted by Gasteiger charge is -2.24. The Balaban J connectivity index is 1.84. The zero-order valence-electron chi connectivity index (χ0n) is 13.5. The third kappa shape index (κ3) is 5.78. The Bertz CT molecular complexity index is 427. The van der Waals surface area contributed by atoms with Crippen molar-refractivity contribution in [3.63, 3.8) is 0 Å². The summed E-state index contributed by atoms with van der Waals surface area (Å²) < 4.78 is 0. The van der Waals surface area contributed by atoms with Gasteiger partial charge in [-0.2, -0.15) is 0 Å². The number of carbonyl (C=O) groups is 1. The van der Waals surface area contributed by atoms with Gasteiger partial charge in [0.1, 0.15) is 0 Å². The molecule has 2 rings (SSSR count). The number of amides is 1. The summed E-state index contributed by atoms with van der Waals surface area (Å²) in [5, 5.41) is 3.41. The zero-order valence-corrected chi connectivity index (χ0v) is 13.5. The molecule has 0 aromatic heterocycles. The van der Waals surface area contributed by atoms with Gasteiger partial charge in [-0.25, -0.2) is 0 Å². The van der Waals surface area contributed by atoms with Crippen molar-refractivity contribution in [2.45, 2.75) is 32.1 Å². The number of hydrogen-bond donors (Lipinski definition) is 2. The zero-order chi connectivity index (χ0) is 15.6. The van der Waals surface area contributed by atoms with Gasteiger partial charge in [-0.15, -0.1) is 0 Å². The first-order valence-electron chi connectivity index (χ1n) is 8.52. The Morgan fingerprint density at radius 2 is 2.00 bits per heavy atom. The summed E-state index contributed by atoms with van der Waals surface area (Å²) in [5.41, 5.74) is 6.96. The van der Waals surface area contributed by atoms with Crippen LogP contribution in [-0.4, -0.2) is 43.5 Å². The number of hydrogen-bond acceptors (Lipinski definition) is 3. The van der Waals surface area contributed by atoms with Crippen molar-refractivity contribution < 1.29 is 4.79 Å². The second-order valence-electron chi connectivity index (χ2n) is 6.16. The molecule has 1 aromatic rings. The molecule has 0 saturated carbocycles. The Labute approximate surface area is 134 Å². The molecule has 22 heavy (non-hydrogen) atoms. The lowest BCUT2D eigenvalue weighted by Crippen LogP contribution is -2.37. The van der Waals surface area contributed by atoms with E-state index in [1.165, 1.54) is 12.0 Å². The van der Waals surface area contributed by atoms with Crippen molar-refractivity contribution >= 4 is 5.91 Å². The Morgan fingerprint density at radius 1 is 1.18 bits per heavy atom. The van der Waals surface area contributed by atoms with Crippen LogP contribution < -0.4 is 11.1 Å². The molecule has 3 N–H and O–H groups in total. The highest BCUT2D eigenvalue weighted by Gasteiger charge is 2.19. The molecular formula is C18H29N3O. The lowest BCUT2D eigenvalue weighted by molar-refractivity contribution is -0.132. The van der Waals surface area contributed by atoms with Gasteiger partial charge in [0.25, 0.3) is 0 Å². The second-order valence-corrected chi connectivity index (χ2v) is 6.16. The van der Waals surface area contributed by atoms with E-state index in [4.69, 9.17) is 5.73 Å². The summed E-state index contributed by atoms with van der Waals surface area (Å²) in [5.74, 6) is 0.799. The van der Waals surface area contributed by atoms with Crippen LogP contribution in [0.5, 0.6) is 0 Å². The standard InChI is InChI=1S/C18H29N3O/c19-10-14-21(13-9-16-5-2-1-3-6-16)18(22)15-17-7-4-11-20-12-8-17/h1-3,5-6,17,20H,4,7-15,19H2. The minimum absolute atomic E-state index is 0.272. The number of carbonyl (C=O) groups excluding carboxylic acids is 1. The van der Waals surface area contributed by atoms with Gasteiger partial charge in [0.2, 0.25) is 5.91 Å². The van der Waals surface area contributed by atoms with Crippen molar-refractivity contribution in [3.05, 3.63) is 35.9 Å². The van der Waals surface area contributed by atoms with Crippen LogP contribution in [-0.2, 0) is 11.2 Å². The van der Waals surface area contributed by atoms with E-state index in [1.807, 2.05) is 23.1 Å². The fourth-order valence-electron chi connectivity index (χ4n) is 3.10. The molecule has 122 valence electrons. The van der Waals surface area contributed by atoms with Gasteiger partial charge in [-0.3, -0.25) is 4.79 Å². The molecule has 1 unspecified atom stereocenters. The SMILES string of the molecule is NCCN(CCc1ccccc1)C(=O)CC1CCCNCC1. The fourth-order valence-corrected chi connectivity index (χ4v) is 3.10. The largest absolute Gasteiger partial charge is 0.341 e. The average Bonchev–Trinajstić information content (AvgIpc) is 2.81. The highest BCUT2D eigenvalue weighted by Crippen LogP contribution is 2.18. The van der Waals surface area contributed by atoms with E-state index in [9.17, 15) is 4.79 Å². The summed E-state index contributed by atoms with van der Waals surface area (Å²) in [6, 6.07) is 10.3. The van der Waals surface area contributed by atoms with E-state index < -0.39 is 0 Å². The number of nitrogens with one attached hydrogen (secondary N) is 1. The van der Waals surface area contributed by atoms with Gasteiger partial charge in [-0.1, -0.05) is 30.3 Å². The van der Waals surface area contributed by atoms with E-state index in [2.05, 4.69) is 17.4 Å². The van der Waals surface area contributed by atoms with E-state index >= 15 is 0 Å². The van der Waals surface area contributed by atoms with Crippen molar-refractivity contribution in [2.75, 3.05) is 32.7 Å². The maximum absolute atomic E-state index is 12.6. The molecule has 4 heteroatoms. The lowest BCUT2D eigenvalue weighted by atomic mass is 9.96. The van der Waals surface area contributed by atoms with Gasteiger partial charge in [0.15, 0.2) is 0 Å². The van der Waals surface area contributed by atoms with Crippen LogP contribution >= 0.6 is 0 Å². The Hall–Kier alpha value is -1.39. The van der Waals surface area contributed by atoms with Crippen LogP contribution in [0.1, 0.15) is 31.2 Å². The summed E-state index contributed by atoms with van der Waals surface area (Å²) in [7, 11) is 0. The highest BCUT2D eigenvalue weighted by atomic mass is 16.2. The van der Waals surface area contributed by atoms with Gasteiger partial charge in [0.05, 0.1) is 0 Å². The molecule has 1 amide bonds. The maximum atomic E-state index is 12.6. The summed E-state index contributed by atoms with van der Waals surface area (Å²) >= 11 is 0. The van der Waals surface area contributed by atoms with E-state index in [0.29, 0.717) is 25.4 Å². The predicted molar refractivity (Wildman–Crippen MR) is 90.6 cm³/mol. The third-order valence-electron chi connectivity index (χ3n) is 4.42. The molecular weight excluding hydrogens is 274 g/mol. The normalized spacial score (nSPS) is 18.7. The minimum Gasteiger partial charge on any atom is -0.341 e. The van der Waals surface area contributed by atoms with Gasteiger partial charge >= 0.3 is 0 Å². The average molecular weight is 303 g/mol. The van der Waals surface area contributed by atoms with Crippen LogP contribution in [0.2, 0.25) is 0 Å². The van der Waals surface area contributed by atoms with Gasteiger partial charge in [-0.05, 0) is 50.3 Å². The second kappa shape index (κ2) is 9.59. The monoisotopic (exact) mass is 303 g/mol. The first-order valence-corrected chi connectivity index (χ1v) is 8.52. The summed E-state index contributed by atoms with van der Waals surface area (Å²) in [6.45, 7) is 4.10. The highest BCUT2D eigenvalue weighted by molar-refractivity contribution is 5.76. The van der Waals surface area contributed by atoms with E-state index in [-0.39, 0.29) is 5.91 Å². The topological polar surface area (TPSA) is 58.4 Å². The van der Waals surface area contributed by atoms with Crippen molar-refractivity contribution in [1.82, 2.24) is 10.2 Å². The van der Waals surface area contributed by atoms with Gasteiger partial charge < -0.3 is 16.0 Å². The Kier molecular flexibility index (Phi) is 7.40. The molecule has 4 nitrogen and oxygen atoms in total. The van der Waals surface area contributed by atoms with Crippen LogP contribution in [0.3, 0.4) is 0 Å². The molecule has 1 aliphatic heterocycles. The molecule has 0 spiro atoms. The summed E-state index contributed by atoms with van der Waals surface area (Å²) in [4.78, 5) is 14.5. The molecule has 1 aromatic carbocycles. The van der Waals surface area contributed by atoms with Crippen molar-refractivity contribution in [1.29, 1.82) is 0 Å². The molecule has 1 heterocycles. The first kappa shape index (κ1) is 17.0. The van der Waals surface area contributed by atoms with Crippen molar-refractivity contribution in [3.8, 4) is 0 Å². The van der Waals surface area contributed by atoms with Crippen LogP contribution in [0, 0.1) is 5.92 Å². The number of nitrogens with two attached hydrogens (primary N) is 1. The summed E-state index contributed by atoms with van der Waals surface area (Å²) in [6.07, 6.45) is 5.03. The minimum atomic E-state index is 0.272. The Morgan fingerprint density at radius 3 is 2.77 bits per heavy atom. The molecule has 0 radical (unpaired) electrons. The molecule has 0 bridgehead atoms. The fraction of sp³-hybridized carbons (Fsp3) is 0.611. The first-order chi connectivity index (χ1) is 10.8.